The first kappa shape index (κ1) is 29.1. The van der Waals surface area contributed by atoms with Gasteiger partial charge in [0.2, 0.25) is 0 Å². The van der Waals surface area contributed by atoms with Crippen molar-refractivity contribution < 1.29 is 78.4 Å². The molecule has 16 nitrogen and oxygen atoms in total. The van der Waals surface area contributed by atoms with Crippen LogP contribution in [0.1, 0.15) is 6.42 Å². The zero-order valence-electron chi connectivity index (χ0n) is 20.0. The van der Waals surface area contributed by atoms with E-state index in [1.807, 2.05) is 0 Å². The summed E-state index contributed by atoms with van der Waals surface area (Å²) in [6.07, 6.45) is -21.1. The molecule has 4 fully saturated rings. The summed E-state index contributed by atoms with van der Waals surface area (Å²) in [5, 5.41) is 72.0. The van der Waals surface area contributed by atoms with Gasteiger partial charge in [0.1, 0.15) is 67.1 Å². The molecule has 0 aliphatic carbocycles. The normalized spacial score (nSPS) is 52.6. The van der Waals surface area contributed by atoms with Gasteiger partial charge in [-0.05, 0) is 0 Å². The first-order valence-electron chi connectivity index (χ1n) is 11.8. The van der Waals surface area contributed by atoms with Crippen LogP contribution in [0.4, 0.5) is 0 Å². The van der Waals surface area contributed by atoms with E-state index >= 15 is 0 Å². The second-order valence-electron chi connectivity index (χ2n) is 9.26. The lowest BCUT2D eigenvalue weighted by molar-refractivity contribution is -0.358. The van der Waals surface area contributed by atoms with E-state index in [0.717, 1.165) is 0 Å². The molecule has 4 heterocycles. The molecule has 16 atom stereocenters. The number of hydrogen-bond acceptors (Lipinski definition) is 16. The third-order valence-corrected chi connectivity index (χ3v) is 6.91. The Morgan fingerprint density at radius 2 is 1.41 bits per heavy atom. The SMILES string of the molecule is CO[C@H]1O[C@H](CO)C(OC2C[C@H](O)C(OC3O[C@H](C=O)[C@@H](OC)[C@H](O)[C@H]3O)C(C3OC3O)O2)[C@H](O)[C@H]1O. The Labute approximate surface area is 211 Å². The number of aliphatic hydroxyl groups excluding tert-OH is 7. The Bertz CT molecular complexity index is 756. The van der Waals surface area contributed by atoms with Gasteiger partial charge in [0.25, 0.3) is 0 Å². The second kappa shape index (κ2) is 12.1. The van der Waals surface area contributed by atoms with E-state index < -0.39 is 105 Å². The molecule has 7 N–H and O–H groups in total. The highest BCUT2D eigenvalue weighted by Gasteiger charge is 2.57. The van der Waals surface area contributed by atoms with Crippen molar-refractivity contribution in [3.8, 4) is 0 Å². The highest BCUT2D eigenvalue weighted by atomic mass is 16.8. The summed E-state index contributed by atoms with van der Waals surface area (Å²) in [5.74, 6) is 0. The van der Waals surface area contributed by atoms with E-state index in [1.54, 1.807) is 0 Å². The van der Waals surface area contributed by atoms with Crippen molar-refractivity contribution >= 4 is 6.29 Å². The van der Waals surface area contributed by atoms with Crippen LogP contribution >= 0.6 is 0 Å². The monoisotopic (exact) mass is 542 g/mol. The van der Waals surface area contributed by atoms with Crippen molar-refractivity contribution in [3.63, 3.8) is 0 Å². The lowest BCUT2D eigenvalue weighted by atomic mass is 9.96. The Morgan fingerprint density at radius 3 is 1.97 bits per heavy atom. The number of hydrogen-bond donors (Lipinski definition) is 7. The summed E-state index contributed by atoms with van der Waals surface area (Å²) in [6.45, 7) is -0.594. The van der Waals surface area contributed by atoms with Gasteiger partial charge in [-0.3, -0.25) is 0 Å². The van der Waals surface area contributed by atoms with Crippen molar-refractivity contribution in [3.05, 3.63) is 0 Å². The molecule has 0 bridgehead atoms. The van der Waals surface area contributed by atoms with E-state index in [0.29, 0.717) is 6.29 Å². The molecule has 0 aromatic carbocycles. The molecule has 7 unspecified atom stereocenters. The van der Waals surface area contributed by atoms with Gasteiger partial charge in [0.05, 0.1) is 12.7 Å². The first-order chi connectivity index (χ1) is 17.6. The molecule has 4 saturated heterocycles. The third kappa shape index (κ3) is 5.84. The van der Waals surface area contributed by atoms with Crippen LogP contribution < -0.4 is 0 Å². The molecular weight excluding hydrogens is 508 g/mol. The lowest BCUT2D eigenvalue weighted by Gasteiger charge is -2.46. The van der Waals surface area contributed by atoms with E-state index in [4.69, 9.17) is 37.9 Å². The van der Waals surface area contributed by atoms with Crippen LogP contribution in [0.15, 0.2) is 0 Å². The van der Waals surface area contributed by atoms with Gasteiger partial charge in [-0.2, -0.15) is 0 Å². The molecule has 0 radical (unpaired) electrons. The number of epoxide rings is 1. The van der Waals surface area contributed by atoms with E-state index in [1.165, 1.54) is 14.2 Å². The average molecular weight is 542 g/mol. The Morgan fingerprint density at radius 1 is 0.757 bits per heavy atom. The molecule has 0 spiro atoms. The minimum absolute atomic E-state index is 0.266. The van der Waals surface area contributed by atoms with Crippen LogP contribution in [-0.4, -0.2) is 161 Å². The molecule has 4 aliphatic heterocycles. The van der Waals surface area contributed by atoms with Crippen LogP contribution in [0.25, 0.3) is 0 Å². The van der Waals surface area contributed by atoms with Crippen molar-refractivity contribution in [2.24, 2.45) is 0 Å². The minimum atomic E-state index is -1.66. The quantitative estimate of drug-likeness (QED) is 0.106. The van der Waals surface area contributed by atoms with Crippen molar-refractivity contribution in [2.45, 2.75) is 105 Å². The van der Waals surface area contributed by atoms with Crippen LogP contribution in [-0.2, 0) is 42.7 Å². The van der Waals surface area contributed by atoms with Crippen LogP contribution in [0.2, 0.25) is 0 Å². The molecule has 4 rings (SSSR count). The topological polar surface area (TPSA) is 236 Å². The largest absolute Gasteiger partial charge is 0.394 e. The highest BCUT2D eigenvalue weighted by molar-refractivity contribution is 5.57. The molecule has 0 aromatic heterocycles. The van der Waals surface area contributed by atoms with E-state index in [-0.39, 0.29) is 6.42 Å². The first-order valence-corrected chi connectivity index (χ1v) is 11.8. The van der Waals surface area contributed by atoms with Crippen LogP contribution in [0, 0.1) is 0 Å². The Kier molecular flexibility index (Phi) is 9.48. The number of carbonyl (C=O) groups is 1. The lowest BCUT2D eigenvalue weighted by Crippen LogP contribution is -2.63. The molecule has 214 valence electrons. The predicted molar refractivity (Wildman–Crippen MR) is 112 cm³/mol. The van der Waals surface area contributed by atoms with Gasteiger partial charge in [0, 0.05) is 20.6 Å². The summed E-state index contributed by atoms with van der Waals surface area (Å²) < 4.78 is 43.2. The Hall–Kier alpha value is -0.930. The molecule has 37 heavy (non-hydrogen) atoms. The molecule has 0 saturated carbocycles. The molecule has 4 aliphatic rings. The number of ether oxygens (including phenoxy) is 8. The number of aliphatic hydroxyl groups is 7. The van der Waals surface area contributed by atoms with Crippen LogP contribution in [0.3, 0.4) is 0 Å². The summed E-state index contributed by atoms with van der Waals surface area (Å²) in [7, 11) is 2.48. The maximum Gasteiger partial charge on any atom is 0.187 e. The maximum absolute atomic E-state index is 11.4. The maximum atomic E-state index is 11.4. The Balaban J connectivity index is 1.46. The smallest absolute Gasteiger partial charge is 0.187 e. The third-order valence-electron chi connectivity index (χ3n) is 6.91. The van der Waals surface area contributed by atoms with Gasteiger partial charge in [-0.1, -0.05) is 0 Å². The summed E-state index contributed by atoms with van der Waals surface area (Å²) in [4.78, 5) is 11.4. The second-order valence-corrected chi connectivity index (χ2v) is 9.26. The standard InChI is InChI=1S/C21H34O16/c1-30-15-7(4-22)33-21(13(28)10(15)25)37-14-6(24)3-9(35-17(14)18-19(29)36-18)34-16-8(5-23)32-20(31-2)12(27)11(16)26/h4,6-21,23-29H,3,5H2,1-2H3/t6-,7+,8+,9?,10+,11+,12+,13+,14?,15+,16?,17?,18?,19?,20-,21?/m0/s1. The average Bonchev–Trinajstić information content (AvgIpc) is 3.62. The fourth-order valence-corrected chi connectivity index (χ4v) is 4.84. The zero-order chi connectivity index (χ0) is 27.0. The van der Waals surface area contributed by atoms with Crippen molar-refractivity contribution in [1.29, 1.82) is 0 Å². The van der Waals surface area contributed by atoms with Crippen molar-refractivity contribution in [1.82, 2.24) is 0 Å². The number of methoxy groups -OCH3 is 2. The van der Waals surface area contributed by atoms with Gasteiger partial charge >= 0.3 is 0 Å². The summed E-state index contributed by atoms with van der Waals surface area (Å²) >= 11 is 0. The predicted octanol–water partition coefficient (Wildman–Crippen LogP) is -5.30. The van der Waals surface area contributed by atoms with Crippen LogP contribution in [0.5, 0.6) is 0 Å². The molecular formula is C21H34O16. The number of aldehydes is 1. The fraction of sp³-hybridized carbons (Fsp3) is 0.952. The molecule has 16 heteroatoms. The number of carbonyl (C=O) groups excluding carboxylic acids is 1. The van der Waals surface area contributed by atoms with Crippen molar-refractivity contribution in [2.75, 3.05) is 20.8 Å². The highest BCUT2D eigenvalue weighted by Crippen LogP contribution is 2.38. The summed E-state index contributed by atoms with van der Waals surface area (Å²) in [5.41, 5.74) is 0. The van der Waals surface area contributed by atoms with Gasteiger partial charge in [-0.25, -0.2) is 0 Å². The fourth-order valence-electron chi connectivity index (χ4n) is 4.84. The van der Waals surface area contributed by atoms with E-state index in [9.17, 15) is 40.5 Å². The number of rotatable bonds is 9. The van der Waals surface area contributed by atoms with Gasteiger partial charge < -0.3 is 78.4 Å². The summed E-state index contributed by atoms with van der Waals surface area (Å²) in [6, 6.07) is 0. The zero-order valence-corrected chi connectivity index (χ0v) is 20.0. The molecule has 0 amide bonds. The van der Waals surface area contributed by atoms with Gasteiger partial charge in [-0.15, -0.1) is 0 Å². The minimum Gasteiger partial charge on any atom is -0.394 e. The molecule has 0 aromatic rings. The van der Waals surface area contributed by atoms with Gasteiger partial charge in [0.15, 0.2) is 31.4 Å². The van der Waals surface area contributed by atoms with E-state index in [2.05, 4.69) is 0 Å².